The van der Waals surface area contributed by atoms with Crippen LogP contribution in [0.2, 0.25) is 0 Å². The zero-order valence-corrected chi connectivity index (χ0v) is 11.3. The Kier molecular flexibility index (Phi) is 2.68. The number of halogens is 1. The molecule has 0 amide bonds. The molecule has 0 bridgehead atoms. The van der Waals surface area contributed by atoms with E-state index in [0.29, 0.717) is 0 Å². The van der Waals surface area contributed by atoms with Gasteiger partial charge in [0.05, 0.1) is 16.9 Å². The lowest BCUT2D eigenvalue weighted by Gasteiger charge is -2.11. The first-order valence-corrected chi connectivity index (χ1v) is 6.07. The van der Waals surface area contributed by atoms with Crippen LogP contribution >= 0.6 is 12.4 Å². The molecule has 2 heterocycles. The molecule has 0 radical (unpaired) electrons. The maximum absolute atomic E-state index is 4.71. The first-order valence-electron chi connectivity index (χ1n) is 6.07. The van der Waals surface area contributed by atoms with Crippen molar-refractivity contribution in [1.29, 1.82) is 0 Å². The zero-order chi connectivity index (χ0) is 12.1. The van der Waals surface area contributed by atoms with Crippen molar-refractivity contribution in [2.75, 3.05) is 0 Å². The summed E-state index contributed by atoms with van der Waals surface area (Å²) in [4.78, 5) is 4.71. The summed E-state index contributed by atoms with van der Waals surface area (Å²) < 4.78 is 2.24. The van der Waals surface area contributed by atoms with E-state index in [2.05, 4.69) is 60.1 Å². The predicted molar refractivity (Wildman–Crippen MR) is 82.1 cm³/mol. The molecule has 0 N–H and O–H groups in total. The minimum Gasteiger partial charge on any atom is -0.342 e. The highest BCUT2D eigenvalue weighted by molar-refractivity contribution is 5.99. The standard InChI is InChI=1S/C16H12N2.ClH/c1-18-15-9-5-2-6-11(15)10-14-16(18)12-7-3-4-8-13(12)17-14;/h2-10H,1H3;1H. The normalized spacial score (nSPS) is 11.0. The Hall–Kier alpha value is -2.06. The molecule has 2 aliphatic rings. The first-order chi connectivity index (χ1) is 8.84. The van der Waals surface area contributed by atoms with Gasteiger partial charge in [0.15, 0.2) is 0 Å². The average Bonchev–Trinajstić information content (AvgIpc) is 2.77. The lowest BCUT2D eigenvalue weighted by Crippen LogP contribution is -1.98. The van der Waals surface area contributed by atoms with E-state index in [0.717, 1.165) is 11.2 Å². The van der Waals surface area contributed by atoms with E-state index in [-0.39, 0.29) is 12.4 Å². The Balaban J connectivity index is 0.00000110. The highest BCUT2D eigenvalue weighted by atomic mass is 35.5. The van der Waals surface area contributed by atoms with Crippen molar-refractivity contribution in [2.24, 2.45) is 7.05 Å². The molecule has 2 aliphatic heterocycles. The van der Waals surface area contributed by atoms with Crippen molar-refractivity contribution in [3.8, 4) is 11.4 Å². The van der Waals surface area contributed by atoms with Gasteiger partial charge in [0.25, 0.3) is 0 Å². The van der Waals surface area contributed by atoms with Crippen LogP contribution in [0.4, 0.5) is 0 Å². The molecule has 0 aliphatic carbocycles. The number of rotatable bonds is 0. The van der Waals surface area contributed by atoms with Crippen LogP contribution in [0.15, 0.2) is 54.6 Å². The van der Waals surface area contributed by atoms with Crippen molar-refractivity contribution < 1.29 is 0 Å². The molecular weight excluding hydrogens is 256 g/mol. The summed E-state index contributed by atoms with van der Waals surface area (Å²) in [5.41, 5.74) is 4.59. The van der Waals surface area contributed by atoms with Crippen LogP contribution in [0.1, 0.15) is 0 Å². The van der Waals surface area contributed by atoms with Gasteiger partial charge in [0, 0.05) is 23.3 Å². The largest absolute Gasteiger partial charge is 0.342 e. The van der Waals surface area contributed by atoms with Gasteiger partial charge in [-0.25, -0.2) is 4.98 Å². The van der Waals surface area contributed by atoms with E-state index in [1.165, 1.54) is 22.0 Å². The van der Waals surface area contributed by atoms with Crippen LogP contribution < -0.4 is 0 Å². The molecule has 3 heteroatoms. The Labute approximate surface area is 117 Å². The fraction of sp³-hybridized carbons (Fsp3) is 0.0625. The Morgan fingerprint density at radius 1 is 0.947 bits per heavy atom. The number of aryl methyl sites for hydroxylation is 1. The van der Waals surface area contributed by atoms with Gasteiger partial charge >= 0.3 is 0 Å². The maximum atomic E-state index is 4.71. The van der Waals surface area contributed by atoms with Gasteiger partial charge in [-0.15, -0.1) is 12.4 Å². The van der Waals surface area contributed by atoms with Gasteiger partial charge in [-0.3, -0.25) is 0 Å². The fourth-order valence-corrected chi connectivity index (χ4v) is 2.73. The van der Waals surface area contributed by atoms with Crippen molar-refractivity contribution in [3.05, 3.63) is 54.6 Å². The predicted octanol–water partition coefficient (Wildman–Crippen LogP) is 4.25. The molecule has 0 atom stereocenters. The van der Waals surface area contributed by atoms with Gasteiger partial charge in [-0.1, -0.05) is 36.4 Å². The molecule has 0 saturated heterocycles. The van der Waals surface area contributed by atoms with Gasteiger partial charge in [0.2, 0.25) is 0 Å². The van der Waals surface area contributed by atoms with Crippen LogP contribution in [-0.4, -0.2) is 9.55 Å². The van der Waals surface area contributed by atoms with Crippen molar-refractivity contribution >= 4 is 34.2 Å². The van der Waals surface area contributed by atoms with Crippen molar-refractivity contribution in [2.45, 2.75) is 0 Å². The molecule has 0 aromatic heterocycles. The number of pyridine rings is 1. The summed E-state index contributed by atoms with van der Waals surface area (Å²) in [6.07, 6.45) is 0. The lowest BCUT2D eigenvalue weighted by molar-refractivity contribution is 0.967. The number of nitrogens with zero attached hydrogens (tertiary/aromatic N) is 2. The molecule has 0 saturated carbocycles. The monoisotopic (exact) mass is 268 g/mol. The summed E-state index contributed by atoms with van der Waals surface area (Å²) in [5.74, 6) is 0. The molecule has 0 spiro atoms. The Bertz CT molecular complexity index is 848. The number of hydrogen-bond donors (Lipinski definition) is 0. The number of hydrogen-bond acceptors (Lipinski definition) is 1. The van der Waals surface area contributed by atoms with Crippen LogP contribution in [0.5, 0.6) is 0 Å². The van der Waals surface area contributed by atoms with E-state index in [1.807, 2.05) is 6.07 Å². The zero-order valence-electron chi connectivity index (χ0n) is 10.5. The maximum Gasteiger partial charge on any atom is 0.0887 e. The third kappa shape index (κ3) is 1.60. The summed E-state index contributed by atoms with van der Waals surface area (Å²) in [6.45, 7) is 0. The van der Waals surface area contributed by atoms with Crippen molar-refractivity contribution in [3.63, 3.8) is 0 Å². The van der Waals surface area contributed by atoms with Crippen LogP contribution in [0, 0.1) is 0 Å². The summed E-state index contributed by atoms with van der Waals surface area (Å²) in [5, 5.41) is 2.45. The van der Waals surface area contributed by atoms with E-state index < -0.39 is 0 Å². The minimum atomic E-state index is 0. The number of para-hydroxylation sites is 2. The SMILES string of the molecule is Cl.Cn1c2c3ccccc3nc-2cc2ccccc21. The molecule has 4 rings (SSSR count). The van der Waals surface area contributed by atoms with Crippen LogP contribution in [0.25, 0.3) is 33.2 Å². The smallest absolute Gasteiger partial charge is 0.0887 e. The average molecular weight is 269 g/mol. The molecule has 2 aromatic carbocycles. The fourth-order valence-electron chi connectivity index (χ4n) is 2.73. The lowest BCUT2D eigenvalue weighted by atomic mass is 10.1. The molecule has 94 valence electrons. The number of fused-ring (bicyclic) bond motifs is 4. The van der Waals surface area contributed by atoms with Gasteiger partial charge < -0.3 is 4.57 Å². The van der Waals surface area contributed by atoms with E-state index in [9.17, 15) is 0 Å². The molecule has 0 unspecified atom stereocenters. The van der Waals surface area contributed by atoms with Crippen LogP contribution in [0.3, 0.4) is 0 Å². The minimum absolute atomic E-state index is 0. The third-order valence-corrected chi connectivity index (χ3v) is 3.57. The molecule has 2 nitrogen and oxygen atoms in total. The third-order valence-electron chi connectivity index (χ3n) is 3.57. The van der Waals surface area contributed by atoms with Gasteiger partial charge in [0.1, 0.15) is 0 Å². The summed E-state index contributed by atoms with van der Waals surface area (Å²) in [6, 6.07) is 18.9. The van der Waals surface area contributed by atoms with E-state index >= 15 is 0 Å². The number of aromatic nitrogens is 2. The molecule has 19 heavy (non-hydrogen) atoms. The number of benzene rings is 2. The highest BCUT2D eigenvalue weighted by Gasteiger charge is 2.15. The second-order valence-corrected chi connectivity index (χ2v) is 4.62. The molecule has 2 aromatic rings. The summed E-state index contributed by atoms with van der Waals surface area (Å²) >= 11 is 0. The summed E-state index contributed by atoms with van der Waals surface area (Å²) in [7, 11) is 2.11. The topological polar surface area (TPSA) is 17.8 Å². The van der Waals surface area contributed by atoms with Gasteiger partial charge in [-0.2, -0.15) is 0 Å². The van der Waals surface area contributed by atoms with E-state index in [1.54, 1.807) is 0 Å². The van der Waals surface area contributed by atoms with Crippen LogP contribution in [-0.2, 0) is 7.05 Å². The van der Waals surface area contributed by atoms with E-state index in [4.69, 9.17) is 4.98 Å². The highest BCUT2D eigenvalue weighted by Crippen LogP contribution is 2.33. The Morgan fingerprint density at radius 2 is 1.68 bits per heavy atom. The second kappa shape index (κ2) is 4.25. The Morgan fingerprint density at radius 3 is 2.58 bits per heavy atom. The molecule has 0 fully saturated rings. The molecular formula is C16H13ClN2. The van der Waals surface area contributed by atoms with Crippen molar-refractivity contribution in [1.82, 2.24) is 9.55 Å². The quantitative estimate of drug-likeness (QED) is 0.466. The van der Waals surface area contributed by atoms with Gasteiger partial charge in [-0.05, 0) is 18.2 Å². The first kappa shape index (κ1) is 12.0. The second-order valence-electron chi connectivity index (χ2n) is 4.62.